The van der Waals surface area contributed by atoms with E-state index in [0.717, 1.165) is 60.5 Å². The number of nitrogens with zero attached hydrogens (tertiary/aromatic N) is 5. The van der Waals surface area contributed by atoms with Crippen molar-refractivity contribution in [1.29, 1.82) is 0 Å². The van der Waals surface area contributed by atoms with Crippen molar-refractivity contribution in [3.05, 3.63) is 83.3 Å². The Balaban J connectivity index is 1.37. The Bertz CT molecular complexity index is 1340. The average molecular weight is 467 g/mol. The third kappa shape index (κ3) is 4.92. The van der Waals surface area contributed by atoms with Crippen LogP contribution in [0.4, 0.5) is 5.82 Å². The molecule has 0 atom stereocenters. The lowest BCUT2D eigenvalue weighted by atomic mass is 9.93. The van der Waals surface area contributed by atoms with Crippen LogP contribution >= 0.6 is 0 Å². The van der Waals surface area contributed by atoms with Gasteiger partial charge < -0.3 is 10.2 Å². The molecule has 0 bridgehead atoms. The third-order valence-electron chi connectivity index (χ3n) is 6.69. The van der Waals surface area contributed by atoms with Gasteiger partial charge in [0.1, 0.15) is 11.3 Å². The Labute approximate surface area is 205 Å². The number of aromatic nitrogens is 3. The number of aryl methyl sites for hydroxylation is 2. The van der Waals surface area contributed by atoms with E-state index in [1.165, 1.54) is 0 Å². The first kappa shape index (κ1) is 23.1. The topological polar surface area (TPSA) is 74.2 Å². The fraction of sp³-hybridized carbons (Fsp3) is 0.286. The lowest BCUT2D eigenvalue weighted by molar-refractivity contribution is 0.102. The Morgan fingerprint density at radius 3 is 2.29 bits per heavy atom. The van der Waals surface area contributed by atoms with E-state index < -0.39 is 0 Å². The number of nitrogens with one attached hydrogen (secondary N) is 1. The van der Waals surface area contributed by atoms with Crippen LogP contribution in [-0.4, -0.2) is 63.9 Å². The summed E-state index contributed by atoms with van der Waals surface area (Å²) in [4.78, 5) is 31.6. The van der Waals surface area contributed by atoms with Gasteiger partial charge in [-0.3, -0.25) is 19.7 Å². The molecule has 1 fully saturated rings. The molecule has 178 valence electrons. The molecule has 5 rings (SSSR count). The van der Waals surface area contributed by atoms with Crippen molar-refractivity contribution in [1.82, 2.24) is 24.8 Å². The molecule has 0 saturated carbocycles. The van der Waals surface area contributed by atoms with Crippen LogP contribution in [0, 0.1) is 13.8 Å². The second kappa shape index (κ2) is 9.90. The van der Waals surface area contributed by atoms with Gasteiger partial charge in [-0.05, 0) is 55.3 Å². The fourth-order valence-corrected chi connectivity index (χ4v) is 4.72. The minimum Gasteiger partial charge on any atom is -0.306 e. The molecule has 1 aliphatic heterocycles. The monoisotopic (exact) mass is 466 g/mol. The largest absolute Gasteiger partial charge is 0.306 e. The number of rotatable bonds is 5. The van der Waals surface area contributed by atoms with E-state index in [2.05, 4.69) is 63.1 Å². The summed E-state index contributed by atoms with van der Waals surface area (Å²) < 4.78 is 0. The van der Waals surface area contributed by atoms with Gasteiger partial charge in [0.15, 0.2) is 0 Å². The summed E-state index contributed by atoms with van der Waals surface area (Å²) in [5.74, 6) is 0.274. The normalized spacial score (nSPS) is 14.8. The zero-order chi connectivity index (χ0) is 24.4. The van der Waals surface area contributed by atoms with Crippen LogP contribution in [-0.2, 0) is 6.54 Å². The summed E-state index contributed by atoms with van der Waals surface area (Å²) in [5.41, 5.74) is 7.34. The summed E-state index contributed by atoms with van der Waals surface area (Å²) >= 11 is 0. The number of hydrogen-bond donors (Lipinski definition) is 1. The second-order valence-corrected chi connectivity index (χ2v) is 9.27. The van der Waals surface area contributed by atoms with Crippen LogP contribution in [0.1, 0.15) is 27.0 Å². The van der Waals surface area contributed by atoms with Crippen molar-refractivity contribution in [3.63, 3.8) is 0 Å². The van der Waals surface area contributed by atoms with Gasteiger partial charge in [0.25, 0.3) is 5.91 Å². The van der Waals surface area contributed by atoms with E-state index in [4.69, 9.17) is 0 Å². The highest BCUT2D eigenvalue weighted by molar-refractivity contribution is 6.13. The molecule has 1 saturated heterocycles. The number of amides is 1. The van der Waals surface area contributed by atoms with Crippen LogP contribution in [0.15, 0.2) is 61.1 Å². The molecule has 7 heteroatoms. The highest BCUT2D eigenvalue weighted by Crippen LogP contribution is 2.33. The van der Waals surface area contributed by atoms with Crippen LogP contribution in [0.5, 0.6) is 0 Å². The maximum atomic E-state index is 13.2. The van der Waals surface area contributed by atoms with E-state index in [9.17, 15) is 4.79 Å². The van der Waals surface area contributed by atoms with Gasteiger partial charge in [-0.2, -0.15) is 0 Å². The Kier molecular flexibility index (Phi) is 6.53. The molecule has 2 aromatic heterocycles. The summed E-state index contributed by atoms with van der Waals surface area (Å²) in [5, 5.41) is 2.93. The molecule has 0 radical (unpaired) electrons. The van der Waals surface area contributed by atoms with Crippen LogP contribution in [0.2, 0.25) is 0 Å². The molecular formula is C28H30N6O. The van der Waals surface area contributed by atoms with Gasteiger partial charge in [-0.1, -0.05) is 30.3 Å². The third-order valence-corrected chi connectivity index (χ3v) is 6.69. The smallest absolute Gasteiger partial charge is 0.259 e. The van der Waals surface area contributed by atoms with E-state index in [0.29, 0.717) is 22.4 Å². The first-order valence-corrected chi connectivity index (χ1v) is 12.0. The Morgan fingerprint density at radius 2 is 1.60 bits per heavy atom. The number of hydrogen-bond acceptors (Lipinski definition) is 6. The van der Waals surface area contributed by atoms with Crippen LogP contribution < -0.4 is 5.32 Å². The maximum absolute atomic E-state index is 13.2. The molecule has 0 spiro atoms. The number of anilines is 1. The first-order chi connectivity index (χ1) is 17.0. The maximum Gasteiger partial charge on any atom is 0.259 e. The predicted octanol–water partition coefficient (Wildman–Crippen LogP) is 4.31. The molecule has 7 nitrogen and oxygen atoms in total. The van der Waals surface area contributed by atoms with Crippen molar-refractivity contribution in [2.24, 2.45) is 0 Å². The molecule has 0 unspecified atom stereocenters. The van der Waals surface area contributed by atoms with Crippen LogP contribution in [0.3, 0.4) is 0 Å². The number of likely N-dealkylation sites (N-methyl/N-ethyl adjacent to an activating group) is 1. The van der Waals surface area contributed by atoms with Crippen molar-refractivity contribution in [2.75, 3.05) is 38.5 Å². The zero-order valence-electron chi connectivity index (χ0n) is 20.5. The van der Waals surface area contributed by atoms with Gasteiger partial charge in [-0.15, -0.1) is 0 Å². The van der Waals surface area contributed by atoms with Gasteiger partial charge >= 0.3 is 0 Å². The van der Waals surface area contributed by atoms with Crippen molar-refractivity contribution in [3.8, 4) is 11.1 Å². The summed E-state index contributed by atoms with van der Waals surface area (Å²) in [7, 11) is 2.16. The van der Waals surface area contributed by atoms with Crippen molar-refractivity contribution in [2.45, 2.75) is 20.4 Å². The minimum atomic E-state index is -0.247. The first-order valence-electron chi connectivity index (χ1n) is 12.0. The summed E-state index contributed by atoms with van der Waals surface area (Å²) in [6.07, 6.45) is 5.14. The lowest BCUT2D eigenvalue weighted by Gasteiger charge is -2.32. The summed E-state index contributed by atoms with van der Waals surface area (Å²) in [6.45, 7) is 9.33. The number of benzene rings is 2. The minimum absolute atomic E-state index is 0.247. The summed E-state index contributed by atoms with van der Waals surface area (Å²) in [6, 6.07) is 13.9. The number of fused-ring (bicyclic) bond motifs is 1. The number of pyridine rings is 1. The second-order valence-electron chi connectivity index (χ2n) is 9.27. The standard InChI is InChI=1S/C28H30N6O/c1-19-5-4-6-20(2)25(19)22-8-9-23(27-26(22)29-11-12-30-27)28(35)32-24-10-7-21(17-31-24)18-34-15-13-33(3)14-16-34/h4-12,17H,13-16,18H2,1-3H3,(H,31,32,35). The molecule has 0 aliphatic carbocycles. The highest BCUT2D eigenvalue weighted by atomic mass is 16.1. The number of carbonyl (C=O) groups excluding carboxylic acids is 1. The molecule has 35 heavy (non-hydrogen) atoms. The van der Waals surface area contributed by atoms with Gasteiger partial charge in [-0.25, -0.2) is 4.98 Å². The van der Waals surface area contributed by atoms with Gasteiger partial charge in [0, 0.05) is 56.9 Å². The van der Waals surface area contributed by atoms with Crippen molar-refractivity contribution >= 4 is 22.8 Å². The Morgan fingerprint density at radius 1 is 0.886 bits per heavy atom. The van der Waals surface area contributed by atoms with E-state index in [-0.39, 0.29) is 5.91 Å². The predicted molar refractivity (Wildman–Crippen MR) is 139 cm³/mol. The lowest BCUT2D eigenvalue weighted by Crippen LogP contribution is -2.43. The van der Waals surface area contributed by atoms with E-state index >= 15 is 0 Å². The fourth-order valence-electron chi connectivity index (χ4n) is 4.72. The molecule has 1 aliphatic rings. The number of carbonyl (C=O) groups is 1. The van der Waals surface area contributed by atoms with Gasteiger partial charge in [0.2, 0.25) is 0 Å². The Hall–Kier alpha value is -3.68. The molecular weight excluding hydrogens is 436 g/mol. The SMILES string of the molecule is Cc1cccc(C)c1-c1ccc(C(=O)Nc2ccc(CN3CCN(C)CC3)cn2)c2nccnc12. The van der Waals surface area contributed by atoms with Crippen LogP contribution in [0.25, 0.3) is 22.2 Å². The molecule has 1 N–H and O–H groups in total. The van der Waals surface area contributed by atoms with Gasteiger partial charge in [0.05, 0.1) is 11.1 Å². The highest BCUT2D eigenvalue weighted by Gasteiger charge is 2.18. The molecule has 3 heterocycles. The number of piperazine rings is 1. The molecule has 4 aromatic rings. The van der Waals surface area contributed by atoms with E-state index in [1.807, 2.05) is 36.5 Å². The van der Waals surface area contributed by atoms with Crippen molar-refractivity contribution < 1.29 is 4.79 Å². The molecule has 1 amide bonds. The van der Waals surface area contributed by atoms with E-state index in [1.54, 1.807) is 12.4 Å². The molecule has 2 aromatic carbocycles. The average Bonchev–Trinajstić information content (AvgIpc) is 2.86. The zero-order valence-corrected chi connectivity index (χ0v) is 20.5. The quantitative estimate of drug-likeness (QED) is 0.473.